The number of aromatic carboxylic acids is 1. The van der Waals surface area contributed by atoms with Gasteiger partial charge >= 0.3 is 5.97 Å². The van der Waals surface area contributed by atoms with Crippen LogP contribution in [0.4, 0.5) is 5.82 Å². The van der Waals surface area contributed by atoms with E-state index in [0.717, 1.165) is 16.1 Å². The van der Waals surface area contributed by atoms with Crippen molar-refractivity contribution < 1.29 is 18.3 Å². The monoisotopic (exact) mass is 309 g/mol. The lowest BCUT2D eigenvalue weighted by Gasteiger charge is -2.20. The summed E-state index contributed by atoms with van der Waals surface area (Å²) in [5, 5.41) is 12.9. The third-order valence-corrected chi connectivity index (χ3v) is 4.88. The molecular formula is C13H15N3O4S. The van der Waals surface area contributed by atoms with E-state index in [-0.39, 0.29) is 16.3 Å². The summed E-state index contributed by atoms with van der Waals surface area (Å²) in [6.07, 6.45) is 1.12. The van der Waals surface area contributed by atoms with Gasteiger partial charge < -0.3 is 5.11 Å². The van der Waals surface area contributed by atoms with Crippen LogP contribution in [0, 0.1) is 6.92 Å². The number of carboxylic acids is 1. The molecule has 0 aliphatic rings. The molecule has 112 valence electrons. The van der Waals surface area contributed by atoms with Crippen molar-refractivity contribution >= 4 is 21.8 Å². The lowest BCUT2D eigenvalue weighted by molar-refractivity contribution is 0.0697. The van der Waals surface area contributed by atoms with Gasteiger partial charge in [0, 0.05) is 14.1 Å². The molecule has 8 heteroatoms. The quantitative estimate of drug-likeness (QED) is 0.917. The van der Waals surface area contributed by atoms with Crippen molar-refractivity contribution in [2.24, 2.45) is 7.05 Å². The van der Waals surface area contributed by atoms with Gasteiger partial charge in [-0.2, -0.15) is 5.10 Å². The number of sulfonamides is 1. The number of rotatable bonds is 4. The van der Waals surface area contributed by atoms with Gasteiger partial charge in [0.1, 0.15) is 5.56 Å². The zero-order valence-electron chi connectivity index (χ0n) is 11.8. The third kappa shape index (κ3) is 2.62. The zero-order chi connectivity index (χ0) is 15.8. The van der Waals surface area contributed by atoms with Gasteiger partial charge in [-0.3, -0.25) is 8.99 Å². The van der Waals surface area contributed by atoms with E-state index < -0.39 is 16.0 Å². The van der Waals surface area contributed by atoms with Crippen LogP contribution >= 0.6 is 0 Å². The molecule has 0 unspecified atom stereocenters. The Morgan fingerprint density at radius 3 is 2.38 bits per heavy atom. The van der Waals surface area contributed by atoms with Crippen molar-refractivity contribution in [2.45, 2.75) is 11.8 Å². The summed E-state index contributed by atoms with van der Waals surface area (Å²) in [5.41, 5.74) is 0.763. The highest BCUT2D eigenvalue weighted by molar-refractivity contribution is 7.92. The van der Waals surface area contributed by atoms with Gasteiger partial charge in [0.05, 0.1) is 11.1 Å². The van der Waals surface area contributed by atoms with E-state index in [1.165, 1.54) is 30.9 Å². The van der Waals surface area contributed by atoms with E-state index >= 15 is 0 Å². The van der Waals surface area contributed by atoms with Crippen molar-refractivity contribution in [2.75, 3.05) is 11.4 Å². The fourth-order valence-electron chi connectivity index (χ4n) is 1.94. The standard InChI is InChI=1S/C13H15N3O4S/c1-9-4-6-10(7-5-9)21(19,20)16(3)12-11(13(17)18)8-14-15(12)2/h4-8H,1-3H3,(H,17,18). The summed E-state index contributed by atoms with van der Waals surface area (Å²) in [6, 6.07) is 6.33. The summed E-state index contributed by atoms with van der Waals surface area (Å²) in [7, 11) is -1.05. The van der Waals surface area contributed by atoms with Crippen molar-refractivity contribution in [1.29, 1.82) is 0 Å². The van der Waals surface area contributed by atoms with Crippen LogP contribution in [0.2, 0.25) is 0 Å². The number of carboxylic acid groups (broad SMARTS) is 1. The molecule has 0 radical (unpaired) electrons. The van der Waals surface area contributed by atoms with Crippen LogP contribution in [-0.4, -0.2) is 36.3 Å². The second kappa shape index (κ2) is 5.21. The molecule has 0 spiro atoms. The Labute approximate surface area is 122 Å². The first-order valence-corrected chi connectivity index (χ1v) is 7.50. The smallest absolute Gasteiger partial charge is 0.341 e. The number of hydrogen-bond donors (Lipinski definition) is 1. The number of benzene rings is 1. The van der Waals surface area contributed by atoms with Crippen LogP contribution in [0.25, 0.3) is 0 Å². The zero-order valence-corrected chi connectivity index (χ0v) is 12.6. The molecule has 0 aliphatic heterocycles. The first kappa shape index (κ1) is 15.0. The summed E-state index contributed by atoms with van der Waals surface area (Å²) < 4.78 is 27.3. The Balaban J connectivity index is 2.53. The fourth-order valence-corrected chi connectivity index (χ4v) is 3.18. The summed E-state index contributed by atoms with van der Waals surface area (Å²) in [4.78, 5) is 11.3. The fraction of sp³-hybridized carbons (Fsp3) is 0.231. The minimum absolute atomic E-state index is 0.00285. The second-order valence-corrected chi connectivity index (χ2v) is 6.57. The molecule has 0 bridgehead atoms. The first-order chi connectivity index (χ1) is 9.75. The average molecular weight is 309 g/mol. The summed E-state index contributed by atoms with van der Waals surface area (Å²) in [6.45, 7) is 1.85. The highest BCUT2D eigenvalue weighted by atomic mass is 32.2. The topological polar surface area (TPSA) is 92.5 Å². The molecule has 2 aromatic rings. The van der Waals surface area contributed by atoms with Crippen LogP contribution in [0.15, 0.2) is 35.4 Å². The minimum Gasteiger partial charge on any atom is -0.477 e. The van der Waals surface area contributed by atoms with Crippen LogP contribution in [0.1, 0.15) is 15.9 Å². The van der Waals surface area contributed by atoms with Crippen LogP contribution < -0.4 is 4.31 Å². The maximum atomic E-state index is 12.6. The molecule has 0 amide bonds. The Morgan fingerprint density at radius 2 is 1.86 bits per heavy atom. The lowest BCUT2D eigenvalue weighted by atomic mass is 10.2. The Hall–Kier alpha value is -2.35. The Morgan fingerprint density at radius 1 is 1.29 bits per heavy atom. The normalized spacial score (nSPS) is 11.4. The molecule has 21 heavy (non-hydrogen) atoms. The minimum atomic E-state index is -3.85. The maximum absolute atomic E-state index is 12.6. The number of aryl methyl sites for hydroxylation is 2. The van der Waals surface area contributed by atoms with E-state index in [1.807, 2.05) is 6.92 Å². The number of nitrogens with zero attached hydrogens (tertiary/aromatic N) is 3. The molecule has 7 nitrogen and oxygen atoms in total. The van der Waals surface area contributed by atoms with Crippen LogP contribution in [-0.2, 0) is 17.1 Å². The highest BCUT2D eigenvalue weighted by Crippen LogP contribution is 2.25. The molecular weight excluding hydrogens is 294 g/mol. The van der Waals surface area contributed by atoms with Gasteiger partial charge in [-0.25, -0.2) is 13.2 Å². The van der Waals surface area contributed by atoms with Gasteiger partial charge in [-0.1, -0.05) is 17.7 Å². The number of anilines is 1. The molecule has 0 saturated carbocycles. The molecule has 0 aliphatic carbocycles. The van der Waals surface area contributed by atoms with Gasteiger partial charge in [0.25, 0.3) is 10.0 Å². The molecule has 1 aromatic heterocycles. The molecule has 0 fully saturated rings. The second-order valence-electron chi connectivity index (χ2n) is 4.60. The van der Waals surface area contributed by atoms with Crippen LogP contribution in [0.5, 0.6) is 0 Å². The summed E-state index contributed by atoms with van der Waals surface area (Å²) >= 11 is 0. The number of hydrogen-bond acceptors (Lipinski definition) is 4. The predicted octanol–water partition coefficient (Wildman–Crippen LogP) is 1.25. The number of carbonyl (C=O) groups is 1. The molecule has 0 atom stereocenters. The molecule has 1 aromatic carbocycles. The highest BCUT2D eigenvalue weighted by Gasteiger charge is 2.28. The van der Waals surface area contributed by atoms with E-state index in [4.69, 9.17) is 5.11 Å². The lowest BCUT2D eigenvalue weighted by Crippen LogP contribution is -2.29. The third-order valence-electron chi connectivity index (χ3n) is 3.12. The van der Waals surface area contributed by atoms with E-state index in [2.05, 4.69) is 5.10 Å². The van der Waals surface area contributed by atoms with Gasteiger partial charge in [-0.15, -0.1) is 0 Å². The largest absolute Gasteiger partial charge is 0.477 e. The van der Waals surface area contributed by atoms with Crippen molar-refractivity contribution in [3.8, 4) is 0 Å². The Bertz CT molecular complexity index is 778. The van der Waals surface area contributed by atoms with Gasteiger partial charge in [0.2, 0.25) is 0 Å². The molecule has 2 rings (SSSR count). The van der Waals surface area contributed by atoms with E-state index in [1.54, 1.807) is 12.1 Å². The van der Waals surface area contributed by atoms with E-state index in [0.29, 0.717) is 0 Å². The Kier molecular flexibility index (Phi) is 3.73. The molecule has 1 heterocycles. The van der Waals surface area contributed by atoms with Crippen molar-refractivity contribution in [3.63, 3.8) is 0 Å². The average Bonchev–Trinajstić information content (AvgIpc) is 2.80. The van der Waals surface area contributed by atoms with Crippen molar-refractivity contribution in [3.05, 3.63) is 41.6 Å². The van der Waals surface area contributed by atoms with Gasteiger partial charge in [-0.05, 0) is 19.1 Å². The molecule has 1 N–H and O–H groups in total. The number of aromatic nitrogens is 2. The predicted molar refractivity (Wildman–Crippen MR) is 76.9 cm³/mol. The van der Waals surface area contributed by atoms with Crippen LogP contribution in [0.3, 0.4) is 0 Å². The van der Waals surface area contributed by atoms with E-state index in [9.17, 15) is 13.2 Å². The summed E-state index contributed by atoms with van der Waals surface area (Å²) in [5.74, 6) is -1.23. The van der Waals surface area contributed by atoms with Gasteiger partial charge in [0.15, 0.2) is 5.82 Å². The van der Waals surface area contributed by atoms with Crippen molar-refractivity contribution in [1.82, 2.24) is 9.78 Å². The molecule has 0 saturated heterocycles. The SMILES string of the molecule is Cc1ccc(S(=O)(=O)N(C)c2c(C(=O)O)cnn2C)cc1. The maximum Gasteiger partial charge on any atom is 0.341 e. The first-order valence-electron chi connectivity index (χ1n) is 6.06.